The largest absolute Gasteiger partial charge is 0.490 e. The maximum absolute atomic E-state index is 13.3. The molecule has 3 heteroatoms. The molecule has 2 N–H and O–H groups in total. The van der Waals surface area contributed by atoms with Crippen LogP contribution in [0.15, 0.2) is 18.2 Å². The Balaban J connectivity index is 1.71. The second kappa shape index (κ2) is 8.38. The zero-order valence-electron chi connectivity index (χ0n) is 13.1. The Bertz CT molecular complexity index is 435. The Morgan fingerprint density at radius 3 is 2.62 bits per heavy atom. The van der Waals surface area contributed by atoms with Crippen molar-refractivity contribution in [3.05, 3.63) is 29.6 Å². The van der Waals surface area contributed by atoms with Crippen molar-refractivity contribution >= 4 is 0 Å². The van der Waals surface area contributed by atoms with E-state index >= 15 is 0 Å². The normalized spacial score (nSPS) is 20.9. The summed E-state index contributed by atoms with van der Waals surface area (Å²) in [7, 11) is 0. The molecule has 0 bridgehead atoms. The van der Waals surface area contributed by atoms with E-state index in [4.69, 9.17) is 10.5 Å². The molecule has 2 atom stereocenters. The van der Waals surface area contributed by atoms with Gasteiger partial charge in [0.2, 0.25) is 0 Å². The molecule has 2 rings (SSSR count). The SMILES string of the molecule is CCCCCCCCCC1C[C@@H](N)c2ccc(F)cc2O1. The van der Waals surface area contributed by atoms with Gasteiger partial charge in [0.1, 0.15) is 17.7 Å². The highest BCUT2D eigenvalue weighted by Crippen LogP contribution is 2.35. The molecule has 0 saturated heterocycles. The van der Waals surface area contributed by atoms with Crippen LogP contribution in [0.2, 0.25) is 0 Å². The second-order valence-corrected chi connectivity index (χ2v) is 6.17. The molecule has 1 aromatic carbocycles. The number of benzene rings is 1. The third-order valence-corrected chi connectivity index (χ3v) is 4.32. The molecule has 2 nitrogen and oxygen atoms in total. The van der Waals surface area contributed by atoms with E-state index in [-0.39, 0.29) is 18.0 Å². The lowest BCUT2D eigenvalue weighted by Gasteiger charge is -2.30. The summed E-state index contributed by atoms with van der Waals surface area (Å²) in [5.74, 6) is 0.388. The number of ether oxygens (including phenoxy) is 1. The molecule has 1 unspecified atom stereocenters. The van der Waals surface area contributed by atoms with Crippen molar-refractivity contribution in [2.45, 2.75) is 76.9 Å². The standard InChI is InChI=1S/C18H28FNO/c1-2-3-4-5-6-7-8-9-15-13-17(20)16-11-10-14(19)12-18(16)21-15/h10-12,15,17H,2-9,13,20H2,1H3/t15?,17-/m1/s1. The molecular weight excluding hydrogens is 265 g/mol. The van der Waals surface area contributed by atoms with E-state index in [2.05, 4.69) is 6.92 Å². The van der Waals surface area contributed by atoms with Crippen LogP contribution in [0.4, 0.5) is 4.39 Å². The van der Waals surface area contributed by atoms with Crippen molar-refractivity contribution in [3.63, 3.8) is 0 Å². The molecular formula is C18H28FNO. The zero-order valence-corrected chi connectivity index (χ0v) is 13.1. The number of fused-ring (bicyclic) bond motifs is 1. The first-order chi connectivity index (χ1) is 10.2. The van der Waals surface area contributed by atoms with Gasteiger partial charge in [0.25, 0.3) is 0 Å². The van der Waals surface area contributed by atoms with Gasteiger partial charge in [-0.05, 0) is 18.9 Å². The monoisotopic (exact) mass is 293 g/mol. The topological polar surface area (TPSA) is 35.2 Å². The molecule has 1 heterocycles. The Hall–Kier alpha value is -1.09. The van der Waals surface area contributed by atoms with E-state index in [1.165, 1.54) is 57.1 Å². The van der Waals surface area contributed by atoms with Crippen LogP contribution < -0.4 is 10.5 Å². The highest BCUT2D eigenvalue weighted by molar-refractivity contribution is 5.38. The lowest BCUT2D eigenvalue weighted by atomic mass is 9.94. The van der Waals surface area contributed by atoms with Crippen molar-refractivity contribution in [2.24, 2.45) is 5.73 Å². The van der Waals surface area contributed by atoms with Crippen molar-refractivity contribution < 1.29 is 9.13 Å². The smallest absolute Gasteiger partial charge is 0.127 e. The third kappa shape index (κ3) is 4.99. The maximum atomic E-state index is 13.3. The summed E-state index contributed by atoms with van der Waals surface area (Å²) in [6.07, 6.45) is 11.1. The van der Waals surface area contributed by atoms with Gasteiger partial charge in [-0.25, -0.2) is 4.39 Å². The number of hydrogen-bond donors (Lipinski definition) is 1. The Kier molecular flexibility index (Phi) is 6.50. The van der Waals surface area contributed by atoms with E-state index in [9.17, 15) is 4.39 Å². The minimum Gasteiger partial charge on any atom is -0.490 e. The number of halogens is 1. The van der Waals surface area contributed by atoms with Crippen molar-refractivity contribution in [1.82, 2.24) is 0 Å². The first kappa shape index (κ1) is 16.3. The number of hydrogen-bond acceptors (Lipinski definition) is 2. The number of rotatable bonds is 8. The van der Waals surface area contributed by atoms with Crippen LogP contribution in [-0.4, -0.2) is 6.10 Å². The molecule has 0 spiro atoms. The predicted octanol–water partition coefficient (Wildman–Crippen LogP) is 5.12. The third-order valence-electron chi connectivity index (χ3n) is 4.32. The van der Waals surface area contributed by atoms with E-state index in [0.29, 0.717) is 5.75 Å². The molecule has 1 aliphatic heterocycles. The summed E-state index contributed by atoms with van der Waals surface area (Å²) in [4.78, 5) is 0. The fraction of sp³-hybridized carbons (Fsp3) is 0.667. The van der Waals surface area contributed by atoms with Gasteiger partial charge in [-0.1, -0.05) is 51.5 Å². The molecule has 0 amide bonds. The van der Waals surface area contributed by atoms with Crippen LogP contribution in [-0.2, 0) is 0 Å². The van der Waals surface area contributed by atoms with Crippen LogP contribution in [0.5, 0.6) is 5.75 Å². The molecule has 21 heavy (non-hydrogen) atoms. The summed E-state index contributed by atoms with van der Waals surface area (Å²) in [6.45, 7) is 2.24. The lowest BCUT2D eigenvalue weighted by Crippen LogP contribution is -2.29. The van der Waals surface area contributed by atoms with E-state index in [1.54, 1.807) is 6.07 Å². The zero-order chi connectivity index (χ0) is 15.1. The van der Waals surface area contributed by atoms with Gasteiger partial charge in [-0.15, -0.1) is 0 Å². The Morgan fingerprint density at radius 1 is 1.14 bits per heavy atom. The van der Waals surface area contributed by atoms with Crippen LogP contribution in [0, 0.1) is 5.82 Å². The molecule has 118 valence electrons. The summed E-state index contributed by atoms with van der Waals surface area (Å²) < 4.78 is 19.2. The number of nitrogens with two attached hydrogens (primary N) is 1. The molecule has 0 fully saturated rings. The lowest BCUT2D eigenvalue weighted by molar-refractivity contribution is 0.146. The average Bonchev–Trinajstić information content (AvgIpc) is 2.46. The first-order valence-electron chi connectivity index (χ1n) is 8.42. The van der Waals surface area contributed by atoms with Crippen molar-refractivity contribution in [3.8, 4) is 5.75 Å². The Labute approximate surface area is 127 Å². The first-order valence-corrected chi connectivity index (χ1v) is 8.42. The fourth-order valence-electron chi connectivity index (χ4n) is 3.06. The van der Waals surface area contributed by atoms with Gasteiger partial charge >= 0.3 is 0 Å². The highest BCUT2D eigenvalue weighted by atomic mass is 19.1. The molecule has 1 aromatic rings. The molecule has 0 saturated carbocycles. The summed E-state index contributed by atoms with van der Waals surface area (Å²) in [5, 5.41) is 0. The van der Waals surface area contributed by atoms with Crippen LogP contribution in [0.1, 0.15) is 76.3 Å². The maximum Gasteiger partial charge on any atom is 0.127 e. The number of unbranched alkanes of at least 4 members (excludes halogenated alkanes) is 6. The molecule has 0 aromatic heterocycles. The summed E-state index contributed by atoms with van der Waals surface area (Å²) in [6, 6.07) is 4.65. The van der Waals surface area contributed by atoms with Crippen LogP contribution >= 0.6 is 0 Å². The van der Waals surface area contributed by atoms with Gasteiger partial charge in [-0.3, -0.25) is 0 Å². The van der Waals surface area contributed by atoms with Gasteiger partial charge in [0.05, 0.1) is 0 Å². The van der Waals surface area contributed by atoms with Crippen molar-refractivity contribution in [2.75, 3.05) is 0 Å². The van der Waals surface area contributed by atoms with Crippen LogP contribution in [0.25, 0.3) is 0 Å². The fourth-order valence-corrected chi connectivity index (χ4v) is 3.06. The van der Waals surface area contributed by atoms with Gasteiger partial charge in [0, 0.05) is 24.1 Å². The van der Waals surface area contributed by atoms with E-state index < -0.39 is 0 Å². The molecule has 0 aliphatic carbocycles. The van der Waals surface area contributed by atoms with E-state index in [0.717, 1.165) is 18.4 Å². The average molecular weight is 293 g/mol. The molecule has 1 aliphatic rings. The summed E-state index contributed by atoms with van der Waals surface area (Å²) >= 11 is 0. The Morgan fingerprint density at radius 2 is 1.86 bits per heavy atom. The van der Waals surface area contributed by atoms with E-state index in [1.807, 2.05) is 0 Å². The minimum absolute atomic E-state index is 0.0242. The second-order valence-electron chi connectivity index (χ2n) is 6.17. The molecule has 0 radical (unpaired) electrons. The highest BCUT2D eigenvalue weighted by Gasteiger charge is 2.25. The van der Waals surface area contributed by atoms with Gasteiger partial charge < -0.3 is 10.5 Å². The van der Waals surface area contributed by atoms with Gasteiger partial charge in [-0.2, -0.15) is 0 Å². The predicted molar refractivity (Wildman–Crippen MR) is 85.0 cm³/mol. The quantitative estimate of drug-likeness (QED) is 0.675. The van der Waals surface area contributed by atoms with Crippen LogP contribution in [0.3, 0.4) is 0 Å². The van der Waals surface area contributed by atoms with Gasteiger partial charge in [0.15, 0.2) is 0 Å². The minimum atomic E-state index is -0.252. The summed E-state index contributed by atoms with van der Waals surface area (Å²) in [5.41, 5.74) is 7.11. The van der Waals surface area contributed by atoms with Crippen molar-refractivity contribution in [1.29, 1.82) is 0 Å².